The first-order chi connectivity index (χ1) is 18.3. The van der Waals surface area contributed by atoms with Gasteiger partial charge >= 0.3 is 5.97 Å². The summed E-state index contributed by atoms with van der Waals surface area (Å²) in [5, 5.41) is 52.5. The number of aliphatic hydroxyl groups is 3. The van der Waals surface area contributed by atoms with E-state index in [2.05, 4.69) is 4.90 Å². The molecule has 0 spiro atoms. The van der Waals surface area contributed by atoms with Crippen molar-refractivity contribution in [3.8, 4) is 23.0 Å². The zero-order chi connectivity index (χ0) is 27.1. The van der Waals surface area contributed by atoms with E-state index in [4.69, 9.17) is 18.9 Å². The lowest BCUT2D eigenvalue weighted by molar-refractivity contribution is -0.235. The van der Waals surface area contributed by atoms with E-state index in [0.29, 0.717) is 26.2 Å². The lowest BCUT2D eigenvalue weighted by Gasteiger charge is -2.45. The number of carbonyl (C=O) groups is 1. The first-order valence-electron chi connectivity index (χ1n) is 12.4. The molecular weight excluding hydrogens is 500 g/mol. The van der Waals surface area contributed by atoms with Crippen LogP contribution in [0, 0.1) is 0 Å². The summed E-state index contributed by atoms with van der Waals surface area (Å²) in [5.74, 6) is -1.29. The monoisotopic (exact) mass is 532 g/mol. The summed E-state index contributed by atoms with van der Waals surface area (Å²) in [7, 11) is 2.90. The average Bonchev–Trinajstić information content (AvgIpc) is 2.93. The molecule has 3 aliphatic heterocycles. The number of methoxy groups -OCH3 is 2. The van der Waals surface area contributed by atoms with Gasteiger partial charge in [-0.15, -0.1) is 0 Å². The maximum Gasteiger partial charge on any atom is 0.339 e. The Kier molecular flexibility index (Phi) is 7.25. The SMILES string of the molecule is COc1ccccc1N1CCN(Cc2c(O)c(OC)c(O)c3c2C(=O)OC2C3O[C@@H](CO)[C@H](O)[C@H]2O)CC1. The van der Waals surface area contributed by atoms with Gasteiger partial charge < -0.3 is 49.4 Å². The van der Waals surface area contributed by atoms with Crippen molar-refractivity contribution in [2.45, 2.75) is 37.1 Å². The van der Waals surface area contributed by atoms with Crippen molar-refractivity contribution in [2.24, 2.45) is 0 Å². The van der Waals surface area contributed by atoms with E-state index < -0.39 is 54.6 Å². The number of esters is 1. The minimum atomic E-state index is -1.56. The van der Waals surface area contributed by atoms with E-state index >= 15 is 0 Å². The summed E-state index contributed by atoms with van der Waals surface area (Å²) in [6.07, 6.45) is -6.77. The topological polar surface area (TPSA) is 162 Å². The highest BCUT2D eigenvalue weighted by molar-refractivity contribution is 5.97. The number of aliphatic hydroxyl groups excluding tert-OH is 3. The van der Waals surface area contributed by atoms with Crippen LogP contribution in [0.4, 0.5) is 5.69 Å². The molecule has 3 heterocycles. The van der Waals surface area contributed by atoms with E-state index in [1.807, 2.05) is 29.2 Å². The van der Waals surface area contributed by atoms with Gasteiger partial charge in [0.25, 0.3) is 0 Å². The number of carbonyl (C=O) groups excluding carboxylic acids is 1. The number of rotatable bonds is 6. The number of phenols is 2. The predicted molar refractivity (Wildman–Crippen MR) is 133 cm³/mol. The third kappa shape index (κ3) is 4.28. The van der Waals surface area contributed by atoms with Crippen LogP contribution in [-0.4, -0.2) is 108 Å². The lowest BCUT2D eigenvalue weighted by atomic mass is 9.84. The fourth-order valence-corrected chi connectivity index (χ4v) is 5.53. The third-order valence-corrected chi connectivity index (χ3v) is 7.53. The van der Waals surface area contributed by atoms with Gasteiger partial charge in [-0.3, -0.25) is 4.90 Å². The number of fused-ring (bicyclic) bond motifs is 3. The minimum absolute atomic E-state index is 0.0204. The summed E-state index contributed by atoms with van der Waals surface area (Å²) in [6, 6.07) is 7.74. The normalized spacial score (nSPS) is 27.3. The molecule has 38 heavy (non-hydrogen) atoms. The number of phenolic OH excluding ortho intramolecular Hbond substituents is 2. The lowest BCUT2D eigenvalue weighted by Crippen LogP contribution is -2.58. The fourth-order valence-electron chi connectivity index (χ4n) is 5.53. The Morgan fingerprint density at radius 2 is 1.71 bits per heavy atom. The molecule has 0 aromatic heterocycles. The van der Waals surface area contributed by atoms with Crippen LogP contribution in [0.1, 0.15) is 27.6 Å². The number of anilines is 1. The molecule has 2 fully saturated rings. The van der Waals surface area contributed by atoms with Gasteiger partial charge in [0.1, 0.15) is 30.2 Å². The largest absolute Gasteiger partial charge is 0.504 e. The Hall–Kier alpha value is -3.29. The molecular formula is C26H32N2O10. The predicted octanol–water partition coefficient (Wildman–Crippen LogP) is 0.130. The number of ether oxygens (including phenoxy) is 4. The molecule has 5 rings (SSSR count). The number of para-hydroxylation sites is 2. The molecule has 0 saturated carbocycles. The molecule has 5 atom stereocenters. The summed E-state index contributed by atoms with van der Waals surface area (Å²) in [5.41, 5.74) is 1.06. The van der Waals surface area contributed by atoms with E-state index in [9.17, 15) is 30.3 Å². The number of piperazine rings is 1. The van der Waals surface area contributed by atoms with Gasteiger partial charge in [-0.2, -0.15) is 0 Å². The van der Waals surface area contributed by atoms with Gasteiger partial charge in [-0.25, -0.2) is 4.79 Å². The molecule has 0 radical (unpaired) electrons. The Labute approximate surface area is 219 Å². The summed E-state index contributed by atoms with van der Waals surface area (Å²) < 4.78 is 22.0. The zero-order valence-electron chi connectivity index (χ0n) is 21.1. The van der Waals surface area contributed by atoms with Crippen molar-refractivity contribution in [1.82, 2.24) is 4.90 Å². The van der Waals surface area contributed by atoms with Crippen LogP contribution in [-0.2, 0) is 16.0 Å². The summed E-state index contributed by atoms with van der Waals surface area (Å²) in [4.78, 5) is 17.4. The molecule has 206 valence electrons. The van der Waals surface area contributed by atoms with Crippen LogP contribution in [0.25, 0.3) is 0 Å². The molecule has 0 aliphatic carbocycles. The number of nitrogens with zero attached hydrogens (tertiary/aromatic N) is 2. The van der Waals surface area contributed by atoms with E-state index in [0.717, 1.165) is 11.4 Å². The molecule has 12 nitrogen and oxygen atoms in total. The fraction of sp³-hybridized carbons (Fsp3) is 0.500. The van der Waals surface area contributed by atoms with Crippen LogP contribution < -0.4 is 14.4 Å². The van der Waals surface area contributed by atoms with E-state index in [-0.39, 0.29) is 29.0 Å². The van der Waals surface area contributed by atoms with Crippen molar-refractivity contribution in [2.75, 3.05) is 51.9 Å². The Morgan fingerprint density at radius 3 is 2.37 bits per heavy atom. The number of benzene rings is 2. The smallest absolute Gasteiger partial charge is 0.339 e. The van der Waals surface area contributed by atoms with Gasteiger partial charge in [0, 0.05) is 43.9 Å². The van der Waals surface area contributed by atoms with Crippen LogP contribution >= 0.6 is 0 Å². The van der Waals surface area contributed by atoms with Crippen molar-refractivity contribution >= 4 is 11.7 Å². The van der Waals surface area contributed by atoms with Crippen molar-refractivity contribution < 1.29 is 49.3 Å². The quantitative estimate of drug-likeness (QED) is 0.320. The van der Waals surface area contributed by atoms with Crippen LogP contribution in [0.15, 0.2) is 24.3 Å². The molecule has 2 aromatic rings. The molecule has 5 N–H and O–H groups in total. The number of hydrogen-bond acceptors (Lipinski definition) is 12. The second-order valence-electron chi connectivity index (χ2n) is 9.56. The Morgan fingerprint density at radius 1 is 1.00 bits per heavy atom. The summed E-state index contributed by atoms with van der Waals surface area (Å²) in [6.45, 7) is 2.07. The molecule has 2 aromatic carbocycles. The van der Waals surface area contributed by atoms with Gasteiger partial charge in [0.05, 0.1) is 32.1 Å². The molecule has 0 bridgehead atoms. The highest BCUT2D eigenvalue weighted by Gasteiger charge is 2.53. The Balaban J connectivity index is 1.46. The molecule has 2 unspecified atom stereocenters. The van der Waals surface area contributed by atoms with Crippen molar-refractivity contribution in [3.63, 3.8) is 0 Å². The maximum atomic E-state index is 13.2. The van der Waals surface area contributed by atoms with E-state index in [1.54, 1.807) is 7.11 Å². The molecule has 0 amide bonds. The first kappa shape index (κ1) is 26.3. The van der Waals surface area contributed by atoms with Gasteiger partial charge in [-0.1, -0.05) is 12.1 Å². The molecule has 2 saturated heterocycles. The highest BCUT2D eigenvalue weighted by atomic mass is 16.6. The van der Waals surface area contributed by atoms with Crippen molar-refractivity contribution in [3.05, 3.63) is 41.0 Å². The maximum absolute atomic E-state index is 13.2. The zero-order valence-corrected chi connectivity index (χ0v) is 21.1. The van der Waals surface area contributed by atoms with Crippen LogP contribution in [0.3, 0.4) is 0 Å². The Bertz CT molecular complexity index is 1200. The second-order valence-corrected chi connectivity index (χ2v) is 9.56. The van der Waals surface area contributed by atoms with Crippen LogP contribution in [0.2, 0.25) is 0 Å². The van der Waals surface area contributed by atoms with Gasteiger partial charge in [0.2, 0.25) is 5.75 Å². The second kappa shape index (κ2) is 10.5. The minimum Gasteiger partial charge on any atom is -0.504 e. The molecule has 12 heteroatoms. The average molecular weight is 533 g/mol. The standard InChI is InChI=1S/C26H32N2O10/c1-35-15-6-4-3-5-14(15)28-9-7-27(8-10-28)11-13-17-18(21(32)24(36-2)19(13)30)23-25(38-26(17)34)22(33)20(31)16(12-29)37-23/h3-6,16,20,22-23,25,29-33H,7-12H2,1-2H3/t16-,20-,22+,23?,25?/m0/s1. The highest BCUT2D eigenvalue weighted by Crippen LogP contribution is 2.52. The molecule has 3 aliphatic rings. The number of aromatic hydroxyl groups is 2. The number of hydrogen-bond donors (Lipinski definition) is 5. The van der Waals surface area contributed by atoms with E-state index in [1.165, 1.54) is 7.11 Å². The third-order valence-electron chi connectivity index (χ3n) is 7.53. The van der Waals surface area contributed by atoms with Gasteiger partial charge in [0.15, 0.2) is 17.6 Å². The van der Waals surface area contributed by atoms with Crippen molar-refractivity contribution in [1.29, 1.82) is 0 Å². The van der Waals surface area contributed by atoms with Crippen LogP contribution in [0.5, 0.6) is 23.0 Å². The van der Waals surface area contributed by atoms with Gasteiger partial charge in [-0.05, 0) is 12.1 Å². The first-order valence-corrected chi connectivity index (χ1v) is 12.4. The summed E-state index contributed by atoms with van der Waals surface area (Å²) >= 11 is 0.